The van der Waals surface area contributed by atoms with E-state index >= 15 is 0 Å². The predicted octanol–water partition coefficient (Wildman–Crippen LogP) is 5.81. The molecule has 0 saturated heterocycles. The highest BCUT2D eigenvalue weighted by Crippen LogP contribution is 2.40. The first-order valence-corrected chi connectivity index (χ1v) is 6.13. The van der Waals surface area contributed by atoms with Gasteiger partial charge in [0.05, 0.1) is 16.8 Å². The molecular formula is C14H6F9N. The molecule has 0 unspecified atom stereocenters. The summed E-state index contributed by atoms with van der Waals surface area (Å²) in [5.41, 5.74) is -5.86. The van der Waals surface area contributed by atoms with Crippen molar-refractivity contribution in [3.8, 4) is 11.3 Å². The van der Waals surface area contributed by atoms with E-state index in [2.05, 4.69) is 4.98 Å². The van der Waals surface area contributed by atoms with Crippen LogP contribution in [0.3, 0.4) is 0 Å². The molecule has 0 spiro atoms. The maximum atomic E-state index is 12.8. The maximum Gasteiger partial charge on any atom is 0.433 e. The summed E-state index contributed by atoms with van der Waals surface area (Å²) in [6.45, 7) is 0. The Labute approximate surface area is 128 Å². The molecule has 1 aromatic carbocycles. The van der Waals surface area contributed by atoms with Gasteiger partial charge in [-0.25, -0.2) is 4.98 Å². The molecule has 0 aliphatic heterocycles. The lowest BCUT2D eigenvalue weighted by atomic mass is 10.1. The molecule has 24 heavy (non-hydrogen) atoms. The van der Waals surface area contributed by atoms with E-state index in [1.165, 1.54) is 0 Å². The Kier molecular flexibility index (Phi) is 4.28. The van der Waals surface area contributed by atoms with Gasteiger partial charge >= 0.3 is 18.5 Å². The molecule has 130 valence electrons. The van der Waals surface area contributed by atoms with Crippen molar-refractivity contribution in [2.45, 2.75) is 18.5 Å². The monoisotopic (exact) mass is 359 g/mol. The Morgan fingerprint density at radius 1 is 0.583 bits per heavy atom. The minimum atomic E-state index is -5.37. The largest absolute Gasteiger partial charge is 0.433 e. The van der Waals surface area contributed by atoms with Crippen molar-refractivity contribution in [2.24, 2.45) is 0 Å². The Bertz CT molecular complexity index is 724. The van der Waals surface area contributed by atoms with Gasteiger partial charge in [0.1, 0.15) is 0 Å². The number of rotatable bonds is 1. The molecule has 0 N–H and O–H groups in total. The predicted molar refractivity (Wildman–Crippen MR) is 64.7 cm³/mol. The Morgan fingerprint density at radius 2 is 1.12 bits per heavy atom. The molecule has 0 saturated carbocycles. The maximum absolute atomic E-state index is 12.8. The second-order valence-electron chi connectivity index (χ2n) is 4.66. The molecule has 2 rings (SSSR count). The summed E-state index contributed by atoms with van der Waals surface area (Å²) in [6, 6.07) is 3.73. The summed E-state index contributed by atoms with van der Waals surface area (Å²) in [5, 5.41) is 0. The van der Waals surface area contributed by atoms with Crippen LogP contribution in [0.2, 0.25) is 0 Å². The zero-order chi connectivity index (χ0) is 18.3. The number of aromatic nitrogens is 1. The van der Waals surface area contributed by atoms with Gasteiger partial charge < -0.3 is 0 Å². The van der Waals surface area contributed by atoms with Crippen molar-refractivity contribution >= 4 is 0 Å². The lowest BCUT2D eigenvalue weighted by Gasteiger charge is -2.15. The van der Waals surface area contributed by atoms with E-state index in [9.17, 15) is 39.5 Å². The van der Waals surface area contributed by atoms with Crippen molar-refractivity contribution in [3.63, 3.8) is 0 Å². The van der Waals surface area contributed by atoms with E-state index in [1.807, 2.05) is 0 Å². The SMILES string of the molecule is FC(F)(F)c1ccc(-c2ccc(C(F)(F)F)c(C(F)(F)F)n2)cc1. The van der Waals surface area contributed by atoms with Crippen LogP contribution in [-0.2, 0) is 18.5 Å². The third-order valence-electron chi connectivity index (χ3n) is 2.98. The lowest BCUT2D eigenvalue weighted by Crippen LogP contribution is -2.18. The van der Waals surface area contributed by atoms with Crippen molar-refractivity contribution in [3.05, 3.63) is 53.2 Å². The zero-order valence-corrected chi connectivity index (χ0v) is 11.3. The van der Waals surface area contributed by atoms with Gasteiger partial charge in [0.25, 0.3) is 0 Å². The number of hydrogen-bond acceptors (Lipinski definition) is 1. The number of pyridine rings is 1. The van der Waals surface area contributed by atoms with E-state index in [0.29, 0.717) is 18.2 Å². The number of nitrogens with zero attached hydrogens (tertiary/aromatic N) is 1. The normalized spacial score (nSPS) is 13.2. The summed E-state index contributed by atoms with van der Waals surface area (Å²) in [6.07, 6.45) is -15.3. The summed E-state index contributed by atoms with van der Waals surface area (Å²) < 4.78 is 114. The fraction of sp³-hybridized carbons (Fsp3) is 0.214. The van der Waals surface area contributed by atoms with Crippen LogP contribution >= 0.6 is 0 Å². The van der Waals surface area contributed by atoms with Gasteiger partial charge in [-0.3, -0.25) is 0 Å². The molecule has 0 aliphatic rings. The topological polar surface area (TPSA) is 12.9 Å². The third kappa shape index (κ3) is 3.80. The van der Waals surface area contributed by atoms with Crippen LogP contribution in [0.5, 0.6) is 0 Å². The van der Waals surface area contributed by atoms with Gasteiger partial charge in [0.15, 0.2) is 5.69 Å². The molecule has 1 nitrogen and oxygen atoms in total. The van der Waals surface area contributed by atoms with E-state index < -0.39 is 41.0 Å². The average molecular weight is 359 g/mol. The third-order valence-corrected chi connectivity index (χ3v) is 2.98. The molecule has 1 heterocycles. The molecule has 0 aliphatic carbocycles. The van der Waals surface area contributed by atoms with Gasteiger partial charge in [-0.05, 0) is 24.3 Å². The van der Waals surface area contributed by atoms with E-state index in [-0.39, 0.29) is 11.6 Å². The average Bonchev–Trinajstić information content (AvgIpc) is 2.44. The van der Waals surface area contributed by atoms with Crippen LogP contribution < -0.4 is 0 Å². The molecule has 0 atom stereocenters. The first-order chi connectivity index (χ1) is 10.8. The molecular weight excluding hydrogens is 353 g/mol. The lowest BCUT2D eigenvalue weighted by molar-refractivity contribution is -0.164. The van der Waals surface area contributed by atoms with Gasteiger partial charge in [0, 0.05) is 5.56 Å². The molecule has 10 heteroatoms. The van der Waals surface area contributed by atoms with Gasteiger partial charge in [-0.15, -0.1) is 0 Å². The van der Waals surface area contributed by atoms with E-state index in [1.54, 1.807) is 0 Å². The highest BCUT2D eigenvalue weighted by molar-refractivity contribution is 5.60. The minimum Gasteiger partial charge on any atom is -0.243 e. The van der Waals surface area contributed by atoms with Gasteiger partial charge in [0.2, 0.25) is 0 Å². The summed E-state index contributed by atoms with van der Waals surface area (Å²) in [4.78, 5) is 2.95. The van der Waals surface area contributed by atoms with Crippen molar-refractivity contribution in [1.29, 1.82) is 0 Å². The van der Waals surface area contributed by atoms with Gasteiger partial charge in [-0.1, -0.05) is 12.1 Å². The molecule has 0 fully saturated rings. The highest BCUT2D eigenvalue weighted by Gasteiger charge is 2.44. The van der Waals surface area contributed by atoms with Gasteiger partial charge in [-0.2, -0.15) is 39.5 Å². The van der Waals surface area contributed by atoms with Crippen LogP contribution in [0, 0.1) is 0 Å². The van der Waals surface area contributed by atoms with Crippen molar-refractivity contribution in [2.75, 3.05) is 0 Å². The van der Waals surface area contributed by atoms with E-state index in [4.69, 9.17) is 0 Å². The fourth-order valence-electron chi connectivity index (χ4n) is 1.89. The zero-order valence-electron chi connectivity index (χ0n) is 11.3. The summed E-state index contributed by atoms with van der Waals surface area (Å²) in [7, 11) is 0. The number of hydrogen-bond donors (Lipinski definition) is 0. The first kappa shape index (κ1) is 18.1. The Morgan fingerprint density at radius 3 is 1.54 bits per heavy atom. The highest BCUT2D eigenvalue weighted by atomic mass is 19.4. The van der Waals surface area contributed by atoms with Crippen molar-refractivity contribution < 1.29 is 39.5 Å². The summed E-state index contributed by atoms with van der Waals surface area (Å²) in [5.74, 6) is 0. The quantitative estimate of drug-likeness (QED) is 0.586. The smallest absolute Gasteiger partial charge is 0.243 e. The number of alkyl halides is 9. The second-order valence-corrected chi connectivity index (χ2v) is 4.66. The molecule has 0 amide bonds. The van der Waals surface area contributed by atoms with Crippen LogP contribution in [0.25, 0.3) is 11.3 Å². The molecule has 1 aromatic heterocycles. The van der Waals surface area contributed by atoms with Crippen LogP contribution in [0.4, 0.5) is 39.5 Å². The standard InChI is InChI=1S/C14H6F9N/c15-12(16,17)8-3-1-7(2-4-8)10-6-5-9(13(18,19)20)11(24-10)14(21,22)23/h1-6H. The number of halogens is 9. The summed E-state index contributed by atoms with van der Waals surface area (Å²) >= 11 is 0. The van der Waals surface area contributed by atoms with Crippen molar-refractivity contribution in [1.82, 2.24) is 4.98 Å². The Hall–Kier alpha value is -2.26. The number of benzene rings is 1. The molecule has 2 aromatic rings. The first-order valence-electron chi connectivity index (χ1n) is 6.13. The van der Waals surface area contributed by atoms with Crippen LogP contribution in [0.1, 0.15) is 16.8 Å². The van der Waals surface area contributed by atoms with Crippen LogP contribution in [0.15, 0.2) is 36.4 Å². The molecule has 0 bridgehead atoms. The fourth-order valence-corrected chi connectivity index (χ4v) is 1.89. The minimum absolute atomic E-state index is 0.178. The molecule has 0 radical (unpaired) electrons. The van der Waals surface area contributed by atoms with E-state index in [0.717, 1.165) is 12.1 Å². The van der Waals surface area contributed by atoms with Crippen LogP contribution in [-0.4, -0.2) is 4.98 Å². The second kappa shape index (κ2) is 5.67. The Balaban J connectivity index is 2.53.